The minimum Gasteiger partial charge on any atom is -0.504 e. The lowest BCUT2D eigenvalue weighted by molar-refractivity contribution is -0.118. The summed E-state index contributed by atoms with van der Waals surface area (Å²) in [6.07, 6.45) is 4.88. The zero-order chi connectivity index (χ0) is 25.7. The second kappa shape index (κ2) is 8.91. The Morgan fingerprint density at radius 3 is 2.56 bits per heavy atom. The maximum atomic E-state index is 13.2. The molecule has 0 spiro atoms. The molecule has 8 heteroatoms. The van der Waals surface area contributed by atoms with Gasteiger partial charge in [-0.25, -0.2) is 4.79 Å². The molecule has 5 rings (SSSR count). The van der Waals surface area contributed by atoms with Crippen LogP contribution in [0.4, 0.5) is 16.2 Å². The van der Waals surface area contributed by atoms with Crippen LogP contribution in [0.15, 0.2) is 36.4 Å². The summed E-state index contributed by atoms with van der Waals surface area (Å²) < 4.78 is 5.68. The number of aromatic hydroxyl groups is 2. The maximum absolute atomic E-state index is 13.2. The number of carbonyl (C=O) groups excluding carboxylic acids is 2. The number of anilines is 2. The highest BCUT2D eigenvalue weighted by molar-refractivity contribution is 6.01. The van der Waals surface area contributed by atoms with Crippen LogP contribution < -0.4 is 10.6 Å². The summed E-state index contributed by atoms with van der Waals surface area (Å²) in [5, 5.41) is 26.2. The molecule has 2 aromatic rings. The lowest BCUT2D eigenvalue weighted by atomic mass is 9.93. The van der Waals surface area contributed by atoms with Crippen molar-refractivity contribution in [2.45, 2.75) is 82.4 Å². The lowest BCUT2D eigenvalue weighted by Gasteiger charge is -2.39. The van der Waals surface area contributed by atoms with Crippen molar-refractivity contribution in [2.24, 2.45) is 0 Å². The molecule has 3 aliphatic rings. The molecular formula is C28H35N3O5. The number of benzene rings is 2. The number of rotatable bonds is 4. The van der Waals surface area contributed by atoms with Crippen molar-refractivity contribution in [1.29, 1.82) is 0 Å². The summed E-state index contributed by atoms with van der Waals surface area (Å²) in [4.78, 5) is 28.0. The Morgan fingerprint density at radius 1 is 1.08 bits per heavy atom. The van der Waals surface area contributed by atoms with Crippen molar-refractivity contribution < 1.29 is 24.5 Å². The van der Waals surface area contributed by atoms with Crippen molar-refractivity contribution in [2.75, 3.05) is 17.2 Å². The van der Waals surface area contributed by atoms with Crippen molar-refractivity contribution in [3.8, 4) is 11.5 Å². The van der Waals surface area contributed by atoms with Gasteiger partial charge in [0.05, 0.1) is 17.5 Å². The molecule has 1 saturated carbocycles. The van der Waals surface area contributed by atoms with E-state index in [0.717, 1.165) is 42.6 Å². The molecule has 1 saturated heterocycles. The average Bonchev–Trinajstić information content (AvgIpc) is 3.53. The third kappa shape index (κ3) is 4.68. The number of ether oxygens (including phenoxy) is 1. The molecule has 2 atom stereocenters. The van der Waals surface area contributed by atoms with Crippen molar-refractivity contribution in [3.05, 3.63) is 47.5 Å². The molecule has 1 aliphatic carbocycles. The van der Waals surface area contributed by atoms with E-state index < -0.39 is 11.0 Å². The number of amides is 2. The van der Waals surface area contributed by atoms with E-state index in [-0.39, 0.29) is 35.6 Å². The first-order chi connectivity index (χ1) is 17.1. The highest BCUT2D eigenvalue weighted by Gasteiger charge is 2.51. The van der Waals surface area contributed by atoms with Crippen molar-refractivity contribution in [1.82, 2.24) is 4.90 Å². The largest absolute Gasteiger partial charge is 0.504 e. The molecule has 0 radical (unpaired) electrons. The van der Waals surface area contributed by atoms with Crippen LogP contribution in [0.3, 0.4) is 0 Å². The van der Waals surface area contributed by atoms with Gasteiger partial charge in [-0.05, 0) is 101 Å². The van der Waals surface area contributed by atoms with Crippen LogP contribution in [0.25, 0.3) is 0 Å². The number of piperidine rings is 1. The summed E-state index contributed by atoms with van der Waals surface area (Å²) in [6, 6.07) is 10.6. The molecule has 4 N–H and O–H groups in total. The predicted octanol–water partition coefficient (Wildman–Crippen LogP) is 4.89. The van der Waals surface area contributed by atoms with Gasteiger partial charge in [0.15, 0.2) is 11.5 Å². The van der Waals surface area contributed by atoms with Crippen molar-refractivity contribution in [3.63, 3.8) is 0 Å². The van der Waals surface area contributed by atoms with E-state index >= 15 is 0 Å². The minimum atomic E-state index is -0.680. The number of hydrogen-bond donors (Lipinski definition) is 4. The van der Waals surface area contributed by atoms with Gasteiger partial charge in [0, 0.05) is 17.9 Å². The summed E-state index contributed by atoms with van der Waals surface area (Å²) in [5.41, 5.74) is 2.36. The molecule has 2 aliphatic heterocycles. The van der Waals surface area contributed by atoms with Crippen LogP contribution in [-0.2, 0) is 21.4 Å². The van der Waals surface area contributed by atoms with E-state index in [0.29, 0.717) is 24.9 Å². The number of carbonyl (C=O) groups is 2. The maximum Gasteiger partial charge on any atom is 0.410 e. The number of phenolic OH excluding ortho intramolecular Hbond substituents is 2. The Morgan fingerprint density at radius 2 is 1.86 bits per heavy atom. The Labute approximate surface area is 211 Å². The summed E-state index contributed by atoms with van der Waals surface area (Å²) in [6.45, 7) is 6.36. The second-order valence-corrected chi connectivity index (χ2v) is 11.3. The van der Waals surface area contributed by atoms with E-state index in [4.69, 9.17) is 4.74 Å². The zero-order valence-corrected chi connectivity index (χ0v) is 21.1. The molecule has 0 bridgehead atoms. The number of nitrogens with zero attached hydrogens (tertiary/aromatic N) is 1. The van der Waals surface area contributed by atoms with Gasteiger partial charge in [-0.1, -0.05) is 6.07 Å². The average molecular weight is 494 g/mol. The first-order valence-corrected chi connectivity index (χ1v) is 12.8. The predicted molar refractivity (Wildman–Crippen MR) is 137 cm³/mol. The van der Waals surface area contributed by atoms with Gasteiger partial charge in [0.25, 0.3) is 0 Å². The van der Waals surface area contributed by atoms with Crippen LogP contribution >= 0.6 is 0 Å². The fourth-order valence-corrected chi connectivity index (χ4v) is 5.47. The third-order valence-electron chi connectivity index (χ3n) is 7.50. The van der Waals surface area contributed by atoms with E-state index in [1.54, 1.807) is 6.07 Å². The van der Waals surface area contributed by atoms with E-state index in [1.807, 2.05) is 43.9 Å². The smallest absolute Gasteiger partial charge is 0.410 e. The Hall–Kier alpha value is -3.42. The summed E-state index contributed by atoms with van der Waals surface area (Å²) >= 11 is 0. The Bertz CT molecular complexity index is 1180. The molecule has 36 heavy (non-hydrogen) atoms. The normalized spacial score (nSPS) is 22.4. The van der Waals surface area contributed by atoms with Crippen molar-refractivity contribution >= 4 is 23.4 Å². The number of hydrogen-bond acceptors (Lipinski definition) is 6. The Balaban J connectivity index is 1.28. The molecule has 2 amide bonds. The molecule has 8 nitrogen and oxygen atoms in total. The van der Waals surface area contributed by atoms with E-state index in [9.17, 15) is 19.8 Å². The van der Waals surface area contributed by atoms with Crippen LogP contribution in [-0.4, -0.2) is 51.3 Å². The van der Waals surface area contributed by atoms with Gasteiger partial charge in [-0.3, -0.25) is 4.79 Å². The molecule has 2 aromatic carbocycles. The van der Waals surface area contributed by atoms with Crippen LogP contribution in [0.2, 0.25) is 0 Å². The SMILES string of the molecule is CC(C)(C)OC(=O)N1CCCCC1C1Cc2cc(NC(=O)C3(c4ccc(O)c(O)c4)CC3)ccc2N1. The molecule has 0 aromatic heterocycles. The quantitative estimate of drug-likeness (QED) is 0.451. The van der Waals surface area contributed by atoms with Gasteiger partial charge in [0.2, 0.25) is 5.91 Å². The van der Waals surface area contributed by atoms with Crippen LogP contribution in [0.5, 0.6) is 11.5 Å². The van der Waals surface area contributed by atoms with Crippen LogP contribution in [0.1, 0.15) is 64.0 Å². The van der Waals surface area contributed by atoms with E-state index in [1.165, 1.54) is 12.1 Å². The monoisotopic (exact) mass is 493 g/mol. The highest BCUT2D eigenvalue weighted by Crippen LogP contribution is 2.50. The summed E-state index contributed by atoms with van der Waals surface area (Å²) in [5.74, 6) is -0.526. The fourth-order valence-electron chi connectivity index (χ4n) is 5.47. The van der Waals surface area contributed by atoms with Gasteiger partial charge in [-0.2, -0.15) is 0 Å². The third-order valence-corrected chi connectivity index (χ3v) is 7.50. The van der Waals surface area contributed by atoms with Crippen LogP contribution in [0, 0.1) is 0 Å². The zero-order valence-electron chi connectivity index (χ0n) is 21.1. The number of likely N-dealkylation sites (tertiary alicyclic amines) is 1. The number of fused-ring (bicyclic) bond motifs is 1. The lowest BCUT2D eigenvalue weighted by Crippen LogP contribution is -2.52. The molecule has 2 unspecified atom stereocenters. The van der Waals surface area contributed by atoms with Gasteiger partial charge in [-0.15, -0.1) is 0 Å². The van der Waals surface area contributed by atoms with Gasteiger partial charge >= 0.3 is 6.09 Å². The molecule has 192 valence electrons. The topological polar surface area (TPSA) is 111 Å². The molecule has 2 heterocycles. The fraction of sp³-hybridized carbons (Fsp3) is 0.500. The van der Waals surface area contributed by atoms with Gasteiger partial charge < -0.3 is 30.5 Å². The number of nitrogens with one attached hydrogen (secondary N) is 2. The Kier molecular flexibility index (Phi) is 6.01. The second-order valence-electron chi connectivity index (χ2n) is 11.3. The highest BCUT2D eigenvalue weighted by atomic mass is 16.6. The minimum absolute atomic E-state index is 0.0518. The standard InChI is InChI=1S/C28H35N3O5/c1-27(2,3)36-26(35)31-13-5-4-6-22(31)21-15-17-14-19(8-9-20(17)30-21)29-25(34)28(11-12-28)18-7-10-23(32)24(33)16-18/h7-10,14,16,21-22,30,32-33H,4-6,11-13,15H2,1-3H3,(H,29,34). The van der Waals surface area contributed by atoms with E-state index in [2.05, 4.69) is 10.6 Å². The molecule has 2 fully saturated rings. The number of phenols is 2. The summed E-state index contributed by atoms with van der Waals surface area (Å²) in [7, 11) is 0. The first kappa shape index (κ1) is 24.3. The molecular weight excluding hydrogens is 458 g/mol. The first-order valence-electron chi connectivity index (χ1n) is 12.8. The van der Waals surface area contributed by atoms with Gasteiger partial charge in [0.1, 0.15) is 5.60 Å².